The molecule has 1 heterocycles. The van der Waals surface area contributed by atoms with Gasteiger partial charge in [-0.25, -0.2) is 0 Å². The van der Waals surface area contributed by atoms with Crippen LogP contribution in [0.5, 0.6) is 0 Å². The quantitative estimate of drug-likeness (QED) is 0.891. The van der Waals surface area contributed by atoms with Gasteiger partial charge in [0.15, 0.2) is 0 Å². The van der Waals surface area contributed by atoms with Crippen LogP contribution in [0.15, 0.2) is 42.7 Å². The van der Waals surface area contributed by atoms with Crippen LogP contribution in [0.2, 0.25) is 0 Å². The zero-order valence-corrected chi connectivity index (χ0v) is 9.41. The molecule has 0 aliphatic heterocycles. The lowest BCUT2D eigenvalue weighted by Crippen LogP contribution is -2.09. The molecule has 0 unspecified atom stereocenters. The Balaban J connectivity index is 2.61. The van der Waals surface area contributed by atoms with E-state index in [1.54, 1.807) is 18.2 Å². The second-order valence-corrected chi connectivity index (χ2v) is 3.82. The van der Waals surface area contributed by atoms with Crippen molar-refractivity contribution in [3.8, 4) is 11.1 Å². The van der Waals surface area contributed by atoms with Gasteiger partial charge in [0.2, 0.25) is 0 Å². The number of hydrogen-bond acceptors (Lipinski definition) is 2. The van der Waals surface area contributed by atoms with Crippen molar-refractivity contribution in [3.63, 3.8) is 0 Å². The van der Waals surface area contributed by atoms with Crippen molar-refractivity contribution in [3.05, 3.63) is 53.9 Å². The monoisotopic (exact) mass is 252 g/mol. The van der Waals surface area contributed by atoms with Gasteiger partial charge in [0.05, 0.1) is 5.56 Å². The van der Waals surface area contributed by atoms with Crippen LogP contribution < -0.4 is 5.73 Å². The highest BCUT2D eigenvalue weighted by atomic mass is 19.4. The largest absolute Gasteiger partial charge is 0.417 e. The number of pyridine rings is 1. The predicted octanol–water partition coefficient (Wildman–Crippen LogP) is 3.23. The summed E-state index contributed by atoms with van der Waals surface area (Å²) < 4.78 is 39.0. The Morgan fingerprint density at radius 3 is 2.28 bits per heavy atom. The van der Waals surface area contributed by atoms with Crippen LogP contribution in [0.25, 0.3) is 11.1 Å². The summed E-state index contributed by atoms with van der Waals surface area (Å²) in [6.45, 7) is 0.0830. The molecule has 0 aliphatic rings. The molecule has 0 amide bonds. The van der Waals surface area contributed by atoms with E-state index in [1.165, 1.54) is 18.5 Å². The number of halogens is 3. The zero-order valence-electron chi connectivity index (χ0n) is 9.41. The molecule has 94 valence electrons. The molecule has 1 aromatic heterocycles. The minimum atomic E-state index is -4.40. The molecule has 0 atom stereocenters. The first kappa shape index (κ1) is 12.6. The van der Waals surface area contributed by atoms with Crippen LogP contribution in [-0.4, -0.2) is 4.98 Å². The zero-order chi connectivity index (χ0) is 13.2. The van der Waals surface area contributed by atoms with E-state index in [0.29, 0.717) is 11.1 Å². The third-order valence-electron chi connectivity index (χ3n) is 2.62. The highest BCUT2D eigenvalue weighted by Crippen LogP contribution is 2.37. The first-order valence-corrected chi connectivity index (χ1v) is 5.33. The van der Waals surface area contributed by atoms with E-state index in [2.05, 4.69) is 4.98 Å². The molecule has 0 saturated carbocycles. The molecule has 0 spiro atoms. The molecule has 2 N–H and O–H groups in total. The van der Waals surface area contributed by atoms with E-state index in [0.717, 1.165) is 6.07 Å². The topological polar surface area (TPSA) is 38.9 Å². The van der Waals surface area contributed by atoms with Crippen LogP contribution in [0.1, 0.15) is 11.1 Å². The lowest BCUT2D eigenvalue weighted by Gasteiger charge is -2.14. The number of hydrogen-bond donors (Lipinski definition) is 1. The second-order valence-electron chi connectivity index (χ2n) is 3.82. The average molecular weight is 252 g/mol. The number of nitrogens with two attached hydrogens (primary N) is 1. The summed E-state index contributed by atoms with van der Waals surface area (Å²) in [6.07, 6.45) is -1.47. The molecule has 2 rings (SSSR count). The van der Waals surface area contributed by atoms with E-state index in [9.17, 15) is 13.2 Å². The molecule has 5 heteroatoms. The number of nitrogens with zero attached hydrogens (tertiary/aromatic N) is 1. The number of benzene rings is 1. The summed E-state index contributed by atoms with van der Waals surface area (Å²) >= 11 is 0. The van der Waals surface area contributed by atoms with E-state index in [4.69, 9.17) is 5.73 Å². The third kappa shape index (κ3) is 2.51. The summed E-state index contributed by atoms with van der Waals surface area (Å²) in [4.78, 5) is 3.80. The summed E-state index contributed by atoms with van der Waals surface area (Å²) in [5.41, 5.74) is 5.79. The molecular formula is C13H11F3N2. The van der Waals surface area contributed by atoms with Gasteiger partial charge in [0, 0.05) is 18.9 Å². The Labute approximate surface area is 102 Å². The minimum Gasteiger partial charge on any atom is -0.326 e. The molecule has 2 aromatic rings. The van der Waals surface area contributed by atoms with Crippen molar-refractivity contribution in [2.24, 2.45) is 5.73 Å². The van der Waals surface area contributed by atoms with Gasteiger partial charge in [-0.1, -0.05) is 12.1 Å². The van der Waals surface area contributed by atoms with Gasteiger partial charge in [-0.05, 0) is 34.9 Å². The maximum atomic E-state index is 13.0. The Kier molecular flexibility index (Phi) is 3.34. The third-order valence-corrected chi connectivity index (χ3v) is 2.62. The molecule has 0 bridgehead atoms. The van der Waals surface area contributed by atoms with Crippen LogP contribution in [0.4, 0.5) is 13.2 Å². The molecule has 18 heavy (non-hydrogen) atoms. The van der Waals surface area contributed by atoms with Gasteiger partial charge in [0.25, 0.3) is 0 Å². The van der Waals surface area contributed by atoms with Crippen LogP contribution in [-0.2, 0) is 12.7 Å². The first-order chi connectivity index (χ1) is 8.52. The predicted molar refractivity (Wildman–Crippen MR) is 62.6 cm³/mol. The molecule has 1 aromatic carbocycles. The smallest absolute Gasteiger partial charge is 0.326 e. The normalized spacial score (nSPS) is 11.6. The Bertz CT molecular complexity index is 536. The Morgan fingerprint density at radius 2 is 1.72 bits per heavy atom. The maximum Gasteiger partial charge on any atom is 0.417 e. The number of aromatic nitrogens is 1. The van der Waals surface area contributed by atoms with Crippen LogP contribution in [0, 0.1) is 0 Å². The van der Waals surface area contributed by atoms with E-state index in [-0.39, 0.29) is 12.1 Å². The van der Waals surface area contributed by atoms with Crippen molar-refractivity contribution >= 4 is 0 Å². The lowest BCUT2D eigenvalue weighted by atomic mass is 9.98. The van der Waals surface area contributed by atoms with Gasteiger partial charge >= 0.3 is 6.18 Å². The molecule has 0 saturated heterocycles. The van der Waals surface area contributed by atoms with Crippen LogP contribution >= 0.6 is 0 Å². The SMILES string of the molecule is NCc1ccc(-c2ccncc2)c(C(F)(F)F)c1. The van der Waals surface area contributed by atoms with Crippen molar-refractivity contribution in [2.75, 3.05) is 0 Å². The van der Waals surface area contributed by atoms with Crippen molar-refractivity contribution in [1.82, 2.24) is 4.98 Å². The molecule has 0 fully saturated rings. The fraction of sp³-hybridized carbons (Fsp3) is 0.154. The van der Waals surface area contributed by atoms with E-state index < -0.39 is 11.7 Å². The molecule has 0 radical (unpaired) electrons. The van der Waals surface area contributed by atoms with Crippen molar-refractivity contribution in [1.29, 1.82) is 0 Å². The first-order valence-electron chi connectivity index (χ1n) is 5.33. The summed E-state index contributed by atoms with van der Waals surface area (Å²) in [5, 5.41) is 0. The van der Waals surface area contributed by atoms with E-state index in [1.807, 2.05) is 0 Å². The second kappa shape index (κ2) is 4.78. The van der Waals surface area contributed by atoms with Gasteiger partial charge in [-0.15, -0.1) is 0 Å². The van der Waals surface area contributed by atoms with Gasteiger partial charge in [-0.3, -0.25) is 4.98 Å². The lowest BCUT2D eigenvalue weighted by molar-refractivity contribution is -0.137. The number of alkyl halides is 3. The summed E-state index contributed by atoms with van der Waals surface area (Å²) in [5.74, 6) is 0. The molecule has 2 nitrogen and oxygen atoms in total. The molecular weight excluding hydrogens is 241 g/mol. The fourth-order valence-electron chi connectivity index (χ4n) is 1.74. The Hall–Kier alpha value is -1.88. The maximum absolute atomic E-state index is 13.0. The summed E-state index contributed by atoms with van der Waals surface area (Å²) in [6, 6.07) is 7.24. The average Bonchev–Trinajstić information content (AvgIpc) is 2.38. The summed E-state index contributed by atoms with van der Waals surface area (Å²) in [7, 11) is 0. The molecule has 0 aliphatic carbocycles. The minimum absolute atomic E-state index is 0.0830. The number of rotatable bonds is 2. The Morgan fingerprint density at radius 1 is 1.06 bits per heavy atom. The van der Waals surface area contributed by atoms with Gasteiger partial charge in [0.1, 0.15) is 0 Å². The van der Waals surface area contributed by atoms with E-state index >= 15 is 0 Å². The van der Waals surface area contributed by atoms with Crippen molar-refractivity contribution < 1.29 is 13.2 Å². The standard InChI is InChI=1S/C13H11F3N2/c14-13(15,16)12-7-9(8-17)1-2-11(12)10-3-5-18-6-4-10/h1-7H,8,17H2. The van der Waals surface area contributed by atoms with Crippen molar-refractivity contribution in [2.45, 2.75) is 12.7 Å². The highest BCUT2D eigenvalue weighted by Gasteiger charge is 2.33. The van der Waals surface area contributed by atoms with Crippen LogP contribution in [0.3, 0.4) is 0 Å². The highest BCUT2D eigenvalue weighted by molar-refractivity contribution is 5.68. The fourth-order valence-corrected chi connectivity index (χ4v) is 1.74. The van der Waals surface area contributed by atoms with Gasteiger partial charge in [-0.2, -0.15) is 13.2 Å². The van der Waals surface area contributed by atoms with Gasteiger partial charge < -0.3 is 5.73 Å².